The Morgan fingerprint density at radius 1 is 0.963 bits per heavy atom. The average molecular weight is 390 g/mol. The monoisotopic (exact) mass is 390 g/mol. The summed E-state index contributed by atoms with van der Waals surface area (Å²) >= 11 is 0.995. The van der Waals surface area contributed by atoms with Crippen LogP contribution in [0, 0.1) is 6.92 Å². The second kappa shape index (κ2) is 7.85. The molecular formula is C22H21F3OS. The molecule has 0 fully saturated rings. The van der Waals surface area contributed by atoms with E-state index in [0.29, 0.717) is 12.0 Å². The van der Waals surface area contributed by atoms with Crippen LogP contribution in [0.4, 0.5) is 13.2 Å². The first-order valence-electron chi connectivity index (χ1n) is 9.04. The smallest absolute Gasteiger partial charge is 0.277 e. The van der Waals surface area contributed by atoms with Crippen molar-refractivity contribution in [1.29, 1.82) is 0 Å². The largest absolute Gasteiger partial charge is 0.417 e. The molecule has 0 radical (unpaired) electrons. The summed E-state index contributed by atoms with van der Waals surface area (Å²) in [4.78, 5) is 12.6. The molecule has 3 aromatic rings. The lowest BCUT2D eigenvalue weighted by Gasteiger charge is -2.15. The van der Waals surface area contributed by atoms with E-state index in [1.807, 2.05) is 25.1 Å². The van der Waals surface area contributed by atoms with Gasteiger partial charge in [-0.15, -0.1) is 0 Å². The summed E-state index contributed by atoms with van der Waals surface area (Å²) in [5.41, 5.74) is 1.02. The number of aryl methyl sites for hydroxylation is 2. The van der Waals surface area contributed by atoms with E-state index in [1.54, 1.807) is 12.1 Å². The number of fused-ring (bicyclic) bond motifs is 1. The van der Waals surface area contributed by atoms with Crippen molar-refractivity contribution in [3.8, 4) is 11.1 Å². The second-order valence-electron chi connectivity index (χ2n) is 6.82. The summed E-state index contributed by atoms with van der Waals surface area (Å²) in [6.45, 7) is 3.98. The van der Waals surface area contributed by atoms with E-state index in [2.05, 4.69) is 6.92 Å². The van der Waals surface area contributed by atoms with Crippen molar-refractivity contribution in [3.63, 3.8) is 0 Å². The maximum absolute atomic E-state index is 13.7. The van der Waals surface area contributed by atoms with Gasteiger partial charge in [-0.05, 0) is 60.0 Å². The van der Waals surface area contributed by atoms with Gasteiger partial charge in [0.2, 0.25) is 4.74 Å². The molecular weight excluding hydrogens is 369 g/mol. The Morgan fingerprint density at radius 3 is 2.44 bits per heavy atom. The van der Waals surface area contributed by atoms with Gasteiger partial charge in [0.05, 0.1) is 5.56 Å². The van der Waals surface area contributed by atoms with Gasteiger partial charge in [0.1, 0.15) is 0 Å². The molecule has 142 valence electrons. The normalized spacial score (nSPS) is 11.9. The lowest BCUT2D eigenvalue weighted by molar-refractivity contribution is -0.137. The Labute approximate surface area is 160 Å². The fourth-order valence-corrected chi connectivity index (χ4v) is 4.17. The van der Waals surface area contributed by atoms with Crippen LogP contribution in [0.3, 0.4) is 0 Å². The van der Waals surface area contributed by atoms with Gasteiger partial charge < -0.3 is 0 Å². The number of rotatable bonds is 5. The van der Waals surface area contributed by atoms with Crippen molar-refractivity contribution in [2.75, 3.05) is 0 Å². The van der Waals surface area contributed by atoms with Crippen LogP contribution in [0.1, 0.15) is 42.9 Å². The van der Waals surface area contributed by atoms with E-state index in [4.69, 9.17) is 0 Å². The summed E-state index contributed by atoms with van der Waals surface area (Å²) in [5.74, 6) is 0. The molecule has 0 aliphatic heterocycles. The minimum Gasteiger partial charge on any atom is -0.277 e. The molecule has 2 aromatic carbocycles. The van der Waals surface area contributed by atoms with Crippen molar-refractivity contribution < 1.29 is 13.2 Å². The summed E-state index contributed by atoms with van der Waals surface area (Å²) in [6.07, 6.45) is -1.03. The quantitative estimate of drug-likeness (QED) is 0.429. The molecule has 0 bridgehead atoms. The molecule has 1 heterocycles. The zero-order valence-electron chi connectivity index (χ0n) is 15.3. The van der Waals surface area contributed by atoms with Crippen molar-refractivity contribution >= 4 is 21.4 Å². The highest BCUT2D eigenvalue weighted by Gasteiger charge is 2.34. The topological polar surface area (TPSA) is 17.1 Å². The number of alkyl halides is 3. The second-order valence-corrected chi connectivity index (χ2v) is 7.84. The Balaban J connectivity index is 2.12. The van der Waals surface area contributed by atoms with E-state index in [0.717, 1.165) is 46.2 Å². The Bertz CT molecular complexity index is 1020. The predicted octanol–water partition coefficient (Wildman–Crippen LogP) is 6.99. The van der Waals surface area contributed by atoms with Crippen molar-refractivity contribution in [3.05, 3.63) is 68.7 Å². The first-order chi connectivity index (χ1) is 12.8. The summed E-state index contributed by atoms with van der Waals surface area (Å²) < 4.78 is 41.5. The van der Waals surface area contributed by atoms with E-state index >= 15 is 0 Å². The third kappa shape index (κ3) is 4.41. The first-order valence-corrected chi connectivity index (χ1v) is 9.86. The maximum Gasteiger partial charge on any atom is 0.417 e. The van der Waals surface area contributed by atoms with Crippen LogP contribution >= 0.6 is 11.3 Å². The molecule has 1 aromatic heterocycles. The average Bonchev–Trinajstić information content (AvgIpc) is 2.60. The van der Waals surface area contributed by atoms with Crippen LogP contribution in [0.25, 0.3) is 21.2 Å². The molecule has 27 heavy (non-hydrogen) atoms. The molecule has 0 atom stereocenters. The van der Waals surface area contributed by atoms with Crippen LogP contribution in [0.5, 0.6) is 0 Å². The molecule has 0 saturated carbocycles. The maximum atomic E-state index is 13.7. The summed E-state index contributed by atoms with van der Waals surface area (Å²) in [7, 11) is 0. The fourth-order valence-electron chi connectivity index (χ4n) is 3.20. The molecule has 0 saturated heterocycles. The third-order valence-electron chi connectivity index (χ3n) is 4.64. The summed E-state index contributed by atoms with van der Waals surface area (Å²) in [6, 6.07) is 11.6. The SMILES string of the molecule is CCCCCc1ccc(-c2cc3ccc(C)cc3sc2=O)c(C(F)(F)F)c1. The Kier molecular flexibility index (Phi) is 5.70. The molecule has 0 spiro atoms. The number of halogens is 3. The van der Waals surface area contributed by atoms with Crippen LogP contribution in [-0.2, 0) is 12.6 Å². The molecule has 1 nitrogen and oxygen atoms in total. The van der Waals surface area contributed by atoms with E-state index in [1.165, 1.54) is 12.1 Å². The van der Waals surface area contributed by atoms with Gasteiger partial charge >= 0.3 is 6.18 Å². The minimum absolute atomic E-state index is 0.0366. The molecule has 3 rings (SSSR count). The van der Waals surface area contributed by atoms with Gasteiger partial charge in [-0.25, -0.2) is 0 Å². The summed E-state index contributed by atoms with van der Waals surface area (Å²) in [5, 5.41) is 0.778. The van der Waals surface area contributed by atoms with E-state index in [9.17, 15) is 18.0 Å². The van der Waals surface area contributed by atoms with Crippen LogP contribution in [0.2, 0.25) is 0 Å². The molecule has 0 N–H and O–H groups in total. The number of unbranched alkanes of at least 4 members (excludes halogenated alkanes) is 2. The molecule has 5 heteroatoms. The highest BCUT2D eigenvalue weighted by molar-refractivity contribution is 7.16. The molecule has 0 amide bonds. The zero-order chi connectivity index (χ0) is 19.6. The lowest BCUT2D eigenvalue weighted by atomic mass is 9.96. The van der Waals surface area contributed by atoms with Crippen LogP contribution in [-0.4, -0.2) is 0 Å². The number of hydrogen-bond donors (Lipinski definition) is 0. The van der Waals surface area contributed by atoms with Gasteiger partial charge in [-0.2, -0.15) is 13.2 Å². The van der Waals surface area contributed by atoms with Gasteiger partial charge in [-0.1, -0.05) is 55.4 Å². The van der Waals surface area contributed by atoms with E-state index in [-0.39, 0.29) is 15.9 Å². The van der Waals surface area contributed by atoms with Crippen LogP contribution < -0.4 is 4.74 Å². The Morgan fingerprint density at radius 2 is 1.74 bits per heavy atom. The zero-order valence-corrected chi connectivity index (χ0v) is 16.1. The highest BCUT2D eigenvalue weighted by Crippen LogP contribution is 2.38. The standard InChI is InChI=1S/C22H21F3OS/c1-3-4-5-6-15-8-10-17(19(12-15)22(23,24)25)18-13-16-9-7-14(2)11-20(16)27-21(18)26/h7-13H,3-6H2,1-2H3. The molecule has 0 aliphatic rings. The number of benzene rings is 2. The van der Waals surface area contributed by atoms with Gasteiger partial charge in [0, 0.05) is 10.3 Å². The van der Waals surface area contributed by atoms with Crippen molar-refractivity contribution in [2.45, 2.75) is 45.7 Å². The predicted molar refractivity (Wildman–Crippen MR) is 106 cm³/mol. The van der Waals surface area contributed by atoms with E-state index < -0.39 is 11.7 Å². The minimum atomic E-state index is -4.50. The lowest BCUT2D eigenvalue weighted by Crippen LogP contribution is -2.11. The third-order valence-corrected chi connectivity index (χ3v) is 5.62. The molecule has 0 unspecified atom stereocenters. The van der Waals surface area contributed by atoms with Gasteiger partial charge in [0.25, 0.3) is 0 Å². The first kappa shape index (κ1) is 19.6. The van der Waals surface area contributed by atoms with Crippen LogP contribution in [0.15, 0.2) is 47.3 Å². The molecule has 0 aliphatic carbocycles. The van der Waals surface area contributed by atoms with Crippen molar-refractivity contribution in [1.82, 2.24) is 0 Å². The van der Waals surface area contributed by atoms with Crippen molar-refractivity contribution in [2.24, 2.45) is 0 Å². The number of hydrogen-bond acceptors (Lipinski definition) is 2. The Hall–Kier alpha value is -2.14. The fraction of sp³-hybridized carbons (Fsp3) is 0.318. The van der Waals surface area contributed by atoms with Gasteiger partial charge in [-0.3, -0.25) is 4.79 Å². The van der Waals surface area contributed by atoms with Gasteiger partial charge in [0.15, 0.2) is 0 Å². The highest BCUT2D eigenvalue weighted by atomic mass is 32.1.